The smallest absolute Gasteiger partial charge is 0.239 e. The van der Waals surface area contributed by atoms with Crippen LogP contribution in [0, 0.1) is 22.7 Å². The van der Waals surface area contributed by atoms with Crippen molar-refractivity contribution in [2.24, 2.45) is 11.3 Å². The first-order valence-electron chi connectivity index (χ1n) is 8.95. The molecule has 0 bridgehead atoms. The van der Waals surface area contributed by atoms with Crippen LogP contribution in [0.2, 0.25) is 0 Å². The lowest BCUT2D eigenvalue weighted by atomic mass is 9.72. The fraction of sp³-hybridized carbons (Fsp3) is 0.684. The molecule has 0 unspecified atom stereocenters. The summed E-state index contributed by atoms with van der Waals surface area (Å²) >= 11 is 1.62. The summed E-state index contributed by atoms with van der Waals surface area (Å²) in [6.45, 7) is 9.33. The maximum absolute atomic E-state index is 12.3. The molecule has 1 N–H and O–H groups in total. The standard InChI is InChI=1S/C19H27N3OS/c1-19(2,3)13-6-7-14-15(11-20)18(24-16(14)10-13)21-17(23)12-22-8-4-5-9-22/h13H,4-10,12H2,1-3H3,(H,21,23)/t13-/m0/s1. The monoisotopic (exact) mass is 345 g/mol. The van der Waals surface area contributed by atoms with Gasteiger partial charge >= 0.3 is 0 Å². The molecular formula is C19H27N3OS. The predicted octanol–water partition coefficient (Wildman–Crippen LogP) is 3.81. The Labute approximate surface area is 148 Å². The minimum absolute atomic E-state index is 0.0133. The number of nitriles is 1. The fourth-order valence-electron chi connectivity index (χ4n) is 3.84. The van der Waals surface area contributed by atoms with Gasteiger partial charge in [0, 0.05) is 4.88 Å². The summed E-state index contributed by atoms with van der Waals surface area (Å²) in [6.07, 6.45) is 5.47. The van der Waals surface area contributed by atoms with E-state index in [9.17, 15) is 10.1 Å². The van der Waals surface area contributed by atoms with Crippen LogP contribution in [0.5, 0.6) is 0 Å². The summed E-state index contributed by atoms with van der Waals surface area (Å²) in [7, 11) is 0. The number of thiophene rings is 1. The van der Waals surface area contributed by atoms with Crippen molar-refractivity contribution in [2.45, 2.75) is 52.9 Å². The molecule has 1 saturated heterocycles. The van der Waals surface area contributed by atoms with E-state index in [0.717, 1.165) is 37.4 Å². The maximum Gasteiger partial charge on any atom is 0.239 e. The number of amides is 1. The van der Waals surface area contributed by atoms with Crippen LogP contribution >= 0.6 is 11.3 Å². The first-order valence-corrected chi connectivity index (χ1v) is 9.77. The molecule has 1 aliphatic carbocycles. The number of carbonyl (C=O) groups is 1. The Balaban J connectivity index is 1.74. The topological polar surface area (TPSA) is 56.1 Å². The average Bonchev–Trinajstić information content (AvgIpc) is 3.12. The van der Waals surface area contributed by atoms with E-state index in [1.165, 1.54) is 23.3 Å². The van der Waals surface area contributed by atoms with E-state index < -0.39 is 0 Å². The molecule has 130 valence electrons. The number of hydrogen-bond acceptors (Lipinski definition) is 4. The van der Waals surface area contributed by atoms with Crippen molar-refractivity contribution in [3.8, 4) is 6.07 Å². The lowest BCUT2D eigenvalue weighted by Gasteiger charge is -2.33. The van der Waals surface area contributed by atoms with Gasteiger partial charge in [0.2, 0.25) is 5.91 Å². The number of nitrogens with zero attached hydrogens (tertiary/aromatic N) is 2. The van der Waals surface area contributed by atoms with Crippen LogP contribution in [0.15, 0.2) is 0 Å². The molecule has 24 heavy (non-hydrogen) atoms. The number of carbonyl (C=O) groups excluding carboxylic acids is 1. The Bertz CT molecular complexity index is 659. The van der Waals surface area contributed by atoms with Crippen LogP contribution in [-0.4, -0.2) is 30.4 Å². The van der Waals surface area contributed by atoms with E-state index in [-0.39, 0.29) is 11.3 Å². The molecule has 2 aliphatic rings. The van der Waals surface area contributed by atoms with Crippen LogP contribution in [0.4, 0.5) is 5.00 Å². The molecule has 0 aromatic carbocycles. The third kappa shape index (κ3) is 3.65. The highest BCUT2D eigenvalue weighted by Crippen LogP contribution is 2.43. The minimum atomic E-state index is 0.0133. The first-order chi connectivity index (χ1) is 11.4. The minimum Gasteiger partial charge on any atom is -0.315 e. The molecule has 1 aromatic rings. The lowest BCUT2D eigenvalue weighted by molar-refractivity contribution is -0.117. The maximum atomic E-state index is 12.3. The molecule has 4 nitrogen and oxygen atoms in total. The van der Waals surface area contributed by atoms with Crippen molar-refractivity contribution >= 4 is 22.2 Å². The zero-order chi connectivity index (χ0) is 17.3. The van der Waals surface area contributed by atoms with Crippen molar-refractivity contribution in [2.75, 3.05) is 25.0 Å². The third-order valence-electron chi connectivity index (χ3n) is 5.42. The van der Waals surface area contributed by atoms with Gasteiger partial charge in [-0.1, -0.05) is 20.8 Å². The van der Waals surface area contributed by atoms with Gasteiger partial charge in [-0.25, -0.2) is 0 Å². The second-order valence-electron chi connectivity index (χ2n) is 8.16. The van der Waals surface area contributed by atoms with Crippen molar-refractivity contribution < 1.29 is 4.79 Å². The van der Waals surface area contributed by atoms with E-state index in [1.807, 2.05) is 0 Å². The van der Waals surface area contributed by atoms with Gasteiger partial charge in [-0.3, -0.25) is 9.69 Å². The number of nitrogens with one attached hydrogen (secondary N) is 1. The van der Waals surface area contributed by atoms with E-state index in [1.54, 1.807) is 11.3 Å². The molecule has 3 rings (SSSR count). The Morgan fingerprint density at radius 1 is 1.38 bits per heavy atom. The highest BCUT2D eigenvalue weighted by atomic mass is 32.1. The summed E-state index contributed by atoms with van der Waals surface area (Å²) in [6, 6.07) is 2.34. The van der Waals surface area contributed by atoms with Crippen LogP contribution < -0.4 is 5.32 Å². The molecule has 0 spiro atoms. The second kappa shape index (κ2) is 6.85. The highest BCUT2D eigenvalue weighted by molar-refractivity contribution is 7.16. The summed E-state index contributed by atoms with van der Waals surface area (Å²) in [5.74, 6) is 0.655. The number of fused-ring (bicyclic) bond motifs is 1. The Morgan fingerprint density at radius 2 is 2.08 bits per heavy atom. The third-order valence-corrected chi connectivity index (χ3v) is 6.59. The van der Waals surface area contributed by atoms with Gasteiger partial charge < -0.3 is 5.32 Å². The Kier molecular flexibility index (Phi) is 4.98. The van der Waals surface area contributed by atoms with Crippen molar-refractivity contribution in [1.82, 2.24) is 4.90 Å². The molecule has 1 aliphatic heterocycles. The fourth-order valence-corrected chi connectivity index (χ4v) is 5.14. The SMILES string of the molecule is CC(C)(C)[C@H]1CCc2c(sc(NC(=O)CN3CCCC3)c2C#N)C1. The normalized spacial score (nSPS) is 21.3. The number of likely N-dealkylation sites (tertiary alicyclic amines) is 1. The molecule has 2 heterocycles. The molecule has 1 atom stereocenters. The highest BCUT2D eigenvalue weighted by Gasteiger charge is 2.32. The number of hydrogen-bond donors (Lipinski definition) is 1. The van der Waals surface area contributed by atoms with Gasteiger partial charge in [0.15, 0.2) is 0 Å². The molecular weight excluding hydrogens is 318 g/mol. The zero-order valence-electron chi connectivity index (χ0n) is 14.9. The molecule has 1 aromatic heterocycles. The number of rotatable bonds is 3. The largest absolute Gasteiger partial charge is 0.315 e. The summed E-state index contributed by atoms with van der Waals surface area (Å²) in [5.41, 5.74) is 2.17. The first kappa shape index (κ1) is 17.4. The summed E-state index contributed by atoms with van der Waals surface area (Å²) in [4.78, 5) is 15.8. The summed E-state index contributed by atoms with van der Waals surface area (Å²) in [5, 5.41) is 13.4. The molecule has 5 heteroatoms. The van der Waals surface area contributed by atoms with Crippen LogP contribution in [0.25, 0.3) is 0 Å². The lowest BCUT2D eigenvalue weighted by Crippen LogP contribution is -2.30. The Morgan fingerprint density at radius 3 is 2.71 bits per heavy atom. The van der Waals surface area contributed by atoms with Crippen LogP contribution in [0.1, 0.15) is 56.0 Å². The molecule has 0 radical (unpaired) electrons. The van der Waals surface area contributed by atoms with Crippen molar-refractivity contribution in [3.63, 3.8) is 0 Å². The van der Waals surface area contributed by atoms with Crippen LogP contribution in [-0.2, 0) is 17.6 Å². The molecule has 1 fully saturated rings. The molecule has 1 amide bonds. The van der Waals surface area contributed by atoms with Crippen molar-refractivity contribution in [3.05, 3.63) is 16.0 Å². The van der Waals surface area contributed by atoms with E-state index in [2.05, 4.69) is 37.1 Å². The van der Waals surface area contributed by atoms with Crippen LogP contribution in [0.3, 0.4) is 0 Å². The quantitative estimate of drug-likeness (QED) is 0.906. The van der Waals surface area contributed by atoms with Gasteiger partial charge in [-0.2, -0.15) is 5.26 Å². The van der Waals surface area contributed by atoms with E-state index in [4.69, 9.17) is 0 Å². The predicted molar refractivity (Wildman–Crippen MR) is 98.3 cm³/mol. The second-order valence-corrected chi connectivity index (χ2v) is 9.26. The van der Waals surface area contributed by atoms with Gasteiger partial charge in [-0.15, -0.1) is 11.3 Å². The van der Waals surface area contributed by atoms with Gasteiger partial charge in [0.1, 0.15) is 11.1 Å². The average molecular weight is 346 g/mol. The van der Waals surface area contributed by atoms with Crippen molar-refractivity contribution in [1.29, 1.82) is 5.26 Å². The zero-order valence-corrected chi connectivity index (χ0v) is 15.8. The van der Waals surface area contributed by atoms with E-state index in [0.29, 0.717) is 18.0 Å². The van der Waals surface area contributed by atoms with Gasteiger partial charge in [-0.05, 0) is 62.1 Å². The number of anilines is 1. The van der Waals surface area contributed by atoms with Gasteiger partial charge in [0.25, 0.3) is 0 Å². The Hall–Kier alpha value is -1.38. The molecule has 0 saturated carbocycles. The summed E-state index contributed by atoms with van der Waals surface area (Å²) < 4.78 is 0. The van der Waals surface area contributed by atoms with Gasteiger partial charge in [0.05, 0.1) is 12.1 Å². The van der Waals surface area contributed by atoms with E-state index >= 15 is 0 Å².